The van der Waals surface area contributed by atoms with Gasteiger partial charge in [-0.05, 0) is 56.2 Å². The number of benzene rings is 1. The minimum Gasteiger partial charge on any atom is -0.349 e. The standard InChI is InChI=1S/C18H26NO3P/c1-18(2,3)19-17(20)16(14-10-6-4-7-11-14)22-23(21)15-12-8-5-9-13-15/h5,8-9,12-14,16H,4,6-7,10-11H2,1-3H3/p+1. The number of rotatable bonds is 5. The summed E-state index contributed by atoms with van der Waals surface area (Å²) in [5.41, 5.74) is -0.328. The maximum absolute atomic E-state index is 12.7. The van der Waals surface area contributed by atoms with Crippen LogP contribution in [0.3, 0.4) is 0 Å². The molecule has 0 aliphatic heterocycles. The summed E-state index contributed by atoms with van der Waals surface area (Å²) in [7, 11) is -2.02. The Bertz CT molecular complexity index is 533. The summed E-state index contributed by atoms with van der Waals surface area (Å²) >= 11 is 0. The molecule has 1 aromatic rings. The Kier molecular flexibility index (Phi) is 6.32. The van der Waals surface area contributed by atoms with Crippen molar-refractivity contribution in [1.82, 2.24) is 5.32 Å². The summed E-state index contributed by atoms with van der Waals surface area (Å²) in [5.74, 6) is -0.00237. The molecule has 0 saturated heterocycles. The summed E-state index contributed by atoms with van der Waals surface area (Å²) < 4.78 is 18.3. The lowest BCUT2D eigenvalue weighted by atomic mass is 9.85. The molecule has 2 unspecified atom stereocenters. The fraction of sp³-hybridized carbons (Fsp3) is 0.611. The van der Waals surface area contributed by atoms with E-state index in [4.69, 9.17) is 4.52 Å². The van der Waals surface area contributed by atoms with Gasteiger partial charge >= 0.3 is 8.03 Å². The van der Waals surface area contributed by atoms with Crippen LogP contribution < -0.4 is 10.6 Å². The normalized spacial score (nSPS) is 18.3. The summed E-state index contributed by atoms with van der Waals surface area (Å²) in [4.78, 5) is 12.7. The highest BCUT2D eigenvalue weighted by Gasteiger charge is 2.39. The molecule has 1 fully saturated rings. The molecular formula is C18H27NO3P+. The molecule has 1 aromatic carbocycles. The minimum absolute atomic E-state index is 0.147. The Balaban J connectivity index is 2.12. The third kappa shape index (κ3) is 5.71. The maximum atomic E-state index is 12.7. The molecule has 0 radical (unpaired) electrons. The van der Waals surface area contributed by atoms with E-state index in [0.29, 0.717) is 5.30 Å². The number of nitrogens with one attached hydrogen (secondary N) is 1. The van der Waals surface area contributed by atoms with Crippen LogP contribution >= 0.6 is 8.03 Å². The zero-order valence-corrected chi connectivity index (χ0v) is 15.1. The first kappa shape index (κ1) is 18.1. The fourth-order valence-electron chi connectivity index (χ4n) is 2.94. The Labute approximate surface area is 139 Å². The van der Waals surface area contributed by atoms with Gasteiger partial charge in [0.05, 0.1) is 0 Å². The molecule has 1 aliphatic carbocycles. The predicted octanol–water partition coefficient (Wildman–Crippen LogP) is 3.93. The number of hydrogen-bond acceptors (Lipinski definition) is 3. The van der Waals surface area contributed by atoms with Crippen molar-refractivity contribution in [3.05, 3.63) is 30.3 Å². The predicted molar refractivity (Wildman–Crippen MR) is 93.0 cm³/mol. The number of hydrogen-bond donors (Lipinski definition) is 1. The van der Waals surface area contributed by atoms with Gasteiger partial charge in [-0.1, -0.05) is 37.5 Å². The lowest BCUT2D eigenvalue weighted by Crippen LogP contribution is -2.49. The highest BCUT2D eigenvalue weighted by molar-refractivity contribution is 7.48. The van der Waals surface area contributed by atoms with E-state index < -0.39 is 14.1 Å². The Morgan fingerprint density at radius 1 is 1.17 bits per heavy atom. The summed E-state index contributed by atoms with van der Waals surface area (Å²) in [6.07, 6.45) is 4.69. The van der Waals surface area contributed by atoms with Gasteiger partial charge in [0.15, 0.2) is 6.10 Å². The van der Waals surface area contributed by atoms with E-state index in [0.717, 1.165) is 25.7 Å². The van der Waals surface area contributed by atoms with Gasteiger partial charge in [-0.2, -0.15) is 0 Å². The smallest absolute Gasteiger partial charge is 0.349 e. The molecule has 1 aliphatic rings. The van der Waals surface area contributed by atoms with Crippen molar-refractivity contribution in [1.29, 1.82) is 0 Å². The quantitative estimate of drug-likeness (QED) is 0.829. The molecule has 4 nitrogen and oxygen atoms in total. The second kappa shape index (κ2) is 8.03. The van der Waals surface area contributed by atoms with E-state index in [1.165, 1.54) is 6.42 Å². The Morgan fingerprint density at radius 3 is 2.35 bits per heavy atom. The van der Waals surface area contributed by atoms with Gasteiger partial charge in [-0.15, -0.1) is 4.52 Å². The molecule has 1 amide bonds. The lowest BCUT2D eigenvalue weighted by Gasteiger charge is -2.29. The molecule has 126 valence electrons. The third-order valence-corrected chi connectivity index (χ3v) is 5.15. The molecule has 0 bridgehead atoms. The average Bonchev–Trinajstić information content (AvgIpc) is 2.52. The summed E-state index contributed by atoms with van der Waals surface area (Å²) in [6.45, 7) is 5.83. The van der Waals surface area contributed by atoms with Crippen LogP contribution in [0.4, 0.5) is 0 Å². The van der Waals surface area contributed by atoms with Gasteiger partial charge in [-0.25, -0.2) is 0 Å². The van der Waals surface area contributed by atoms with Gasteiger partial charge < -0.3 is 5.32 Å². The van der Waals surface area contributed by atoms with E-state index in [-0.39, 0.29) is 17.4 Å². The van der Waals surface area contributed by atoms with Gasteiger partial charge in [-0.3, -0.25) is 4.79 Å². The Morgan fingerprint density at radius 2 is 1.78 bits per heavy atom. The van der Waals surface area contributed by atoms with E-state index in [2.05, 4.69) is 5.32 Å². The highest BCUT2D eigenvalue weighted by Crippen LogP contribution is 2.34. The van der Waals surface area contributed by atoms with E-state index in [9.17, 15) is 9.36 Å². The molecule has 2 atom stereocenters. The second-order valence-electron chi connectivity index (χ2n) is 7.26. The molecule has 1 saturated carbocycles. The van der Waals surface area contributed by atoms with Gasteiger partial charge in [0, 0.05) is 5.54 Å². The first-order chi connectivity index (χ1) is 10.9. The maximum Gasteiger partial charge on any atom is 0.549 e. The lowest BCUT2D eigenvalue weighted by molar-refractivity contribution is -0.132. The molecule has 1 N–H and O–H groups in total. The van der Waals surface area contributed by atoms with Crippen molar-refractivity contribution in [2.24, 2.45) is 5.92 Å². The first-order valence-electron chi connectivity index (χ1n) is 8.38. The number of amides is 1. The topological polar surface area (TPSA) is 55.4 Å². The molecular weight excluding hydrogens is 309 g/mol. The highest BCUT2D eigenvalue weighted by atomic mass is 31.1. The van der Waals surface area contributed by atoms with Crippen LogP contribution in [0.1, 0.15) is 52.9 Å². The fourth-order valence-corrected chi connectivity index (χ4v) is 3.95. The van der Waals surface area contributed by atoms with Crippen LogP contribution in [0, 0.1) is 5.92 Å². The number of carbonyl (C=O) groups is 1. The largest absolute Gasteiger partial charge is 0.549 e. The average molecular weight is 336 g/mol. The third-order valence-electron chi connectivity index (χ3n) is 4.01. The van der Waals surface area contributed by atoms with Crippen LogP contribution in [0.25, 0.3) is 0 Å². The van der Waals surface area contributed by atoms with Gasteiger partial charge in [0.1, 0.15) is 0 Å². The molecule has 0 heterocycles. The SMILES string of the molecule is CC(C)(C)NC(=O)C(O[P+](=O)c1ccccc1)C1CCCCC1. The van der Waals surface area contributed by atoms with Crippen LogP contribution in [0.15, 0.2) is 30.3 Å². The second-order valence-corrected chi connectivity index (χ2v) is 8.50. The van der Waals surface area contributed by atoms with Crippen LogP contribution in [0.2, 0.25) is 0 Å². The van der Waals surface area contributed by atoms with Crippen molar-refractivity contribution in [3.8, 4) is 0 Å². The minimum atomic E-state index is -2.02. The van der Waals surface area contributed by atoms with Crippen molar-refractivity contribution < 1.29 is 13.9 Å². The van der Waals surface area contributed by atoms with Crippen LogP contribution in [-0.4, -0.2) is 17.6 Å². The van der Waals surface area contributed by atoms with Crippen molar-refractivity contribution in [3.63, 3.8) is 0 Å². The van der Waals surface area contributed by atoms with E-state index in [1.807, 2.05) is 39.0 Å². The van der Waals surface area contributed by atoms with Crippen LogP contribution in [-0.2, 0) is 13.9 Å². The van der Waals surface area contributed by atoms with Gasteiger partial charge in [0.25, 0.3) is 5.91 Å². The summed E-state index contributed by atoms with van der Waals surface area (Å²) in [6, 6.07) is 9.09. The first-order valence-corrected chi connectivity index (χ1v) is 9.56. The molecule has 23 heavy (non-hydrogen) atoms. The molecule has 0 aromatic heterocycles. The molecule has 5 heteroatoms. The van der Waals surface area contributed by atoms with Crippen molar-refractivity contribution >= 4 is 19.2 Å². The number of carbonyl (C=O) groups excluding carboxylic acids is 1. The molecule has 0 spiro atoms. The van der Waals surface area contributed by atoms with E-state index in [1.54, 1.807) is 12.1 Å². The Hall–Kier alpha value is -1.25. The van der Waals surface area contributed by atoms with Crippen LogP contribution in [0.5, 0.6) is 0 Å². The summed E-state index contributed by atoms with van der Waals surface area (Å²) in [5, 5.41) is 3.61. The van der Waals surface area contributed by atoms with Crippen molar-refractivity contribution in [2.75, 3.05) is 0 Å². The zero-order chi connectivity index (χ0) is 16.9. The van der Waals surface area contributed by atoms with E-state index >= 15 is 0 Å². The monoisotopic (exact) mass is 336 g/mol. The van der Waals surface area contributed by atoms with Gasteiger partial charge in [0.2, 0.25) is 5.30 Å². The van der Waals surface area contributed by atoms with Crippen molar-refractivity contribution in [2.45, 2.75) is 64.5 Å². The zero-order valence-electron chi connectivity index (χ0n) is 14.2. The molecule has 2 rings (SSSR count).